The highest BCUT2D eigenvalue weighted by molar-refractivity contribution is 6.30. The maximum Gasteiger partial charge on any atom is 0.198 e. The normalized spacial score (nSPS) is 15.7. The lowest BCUT2D eigenvalue weighted by Crippen LogP contribution is -2.14. The quantitative estimate of drug-likeness (QED) is 0.452. The van der Waals surface area contributed by atoms with Gasteiger partial charge in [0.1, 0.15) is 5.82 Å². The van der Waals surface area contributed by atoms with Gasteiger partial charge in [-0.25, -0.2) is 15.0 Å². The van der Waals surface area contributed by atoms with Gasteiger partial charge in [0.25, 0.3) is 0 Å². The lowest BCUT2D eigenvalue weighted by molar-refractivity contribution is 0.361. The van der Waals surface area contributed by atoms with Gasteiger partial charge in [-0.3, -0.25) is 0 Å². The maximum atomic E-state index is 6.09. The Balaban J connectivity index is 1.78. The van der Waals surface area contributed by atoms with E-state index < -0.39 is 0 Å². The summed E-state index contributed by atoms with van der Waals surface area (Å²) in [5, 5.41) is 0.732. The molecule has 1 saturated carbocycles. The molecule has 0 unspecified atom stereocenters. The molecule has 2 aromatic carbocycles. The number of halogens is 1. The van der Waals surface area contributed by atoms with Gasteiger partial charge < -0.3 is 4.57 Å². The molecule has 0 amide bonds. The van der Waals surface area contributed by atoms with E-state index in [0.29, 0.717) is 6.04 Å². The topological polar surface area (TPSA) is 43.6 Å². The fourth-order valence-electron chi connectivity index (χ4n) is 3.96. The molecule has 4 nitrogen and oxygen atoms in total. The molecule has 0 aliphatic heterocycles. The first-order valence-corrected chi connectivity index (χ1v) is 9.58. The summed E-state index contributed by atoms with van der Waals surface area (Å²) in [5.74, 6) is 0.943. The number of rotatable bonds is 2. The molecule has 1 aliphatic rings. The van der Waals surface area contributed by atoms with E-state index in [9.17, 15) is 0 Å². The molecule has 1 aliphatic carbocycles. The number of hydrogen-bond acceptors (Lipinski definition) is 3. The van der Waals surface area contributed by atoms with Crippen molar-refractivity contribution in [2.45, 2.75) is 38.1 Å². The molecular formula is C21H19ClN4. The minimum Gasteiger partial charge on any atom is -0.304 e. The molecule has 2 aromatic heterocycles. The van der Waals surface area contributed by atoms with Crippen LogP contribution in [0.5, 0.6) is 0 Å². The van der Waals surface area contributed by atoms with Gasteiger partial charge in [0.15, 0.2) is 11.3 Å². The summed E-state index contributed by atoms with van der Waals surface area (Å²) in [5.41, 5.74) is 4.47. The molecule has 0 saturated heterocycles. The summed E-state index contributed by atoms with van der Waals surface area (Å²) in [7, 11) is 0. The largest absolute Gasteiger partial charge is 0.304 e. The van der Waals surface area contributed by atoms with Crippen molar-refractivity contribution in [2.75, 3.05) is 0 Å². The Kier molecular flexibility index (Phi) is 3.86. The first-order chi connectivity index (χ1) is 12.8. The smallest absolute Gasteiger partial charge is 0.198 e. The molecule has 0 radical (unpaired) electrons. The van der Waals surface area contributed by atoms with Crippen LogP contribution in [-0.4, -0.2) is 19.5 Å². The van der Waals surface area contributed by atoms with Crippen molar-refractivity contribution < 1.29 is 0 Å². The standard InChI is InChI=1S/C21H19ClN4/c22-15-12-10-14(11-13-15)20-25-19-21(26(20)16-6-2-1-3-7-16)24-18-9-5-4-8-17(18)23-19/h4-5,8-13,16H,1-3,6-7H2. The highest BCUT2D eigenvalue weighted by Gasteiger charge is 2.24. The van der Waals surface area contributed by atoms with Gasteiger partial charge in [-0.05, 0) is 49.2 Å². The Labute approximate surface area is 156 Å². The predicted molar refractivity (Wildman–Crippen MR) is 105 cm³/mol. The third-order valence-electron chi connectivity index (χ3n) is 5.24. The summed E-state index contributed by atoms with van der Waals surface area (Å²) < 4.78 is 2.32. The van der Waals surface area contributed by atoms with Crippen LogP contribution in [0, 0.1) is 0 Å². The van der Waals surface area contributed by atoms with Crippen LogP contribution in [0.15, 0.2) is 48.5 Å². The number of aromatic nitrogens is 4. The Bertz CT molecular complexity index is 1080. The third kappa shape index (κ3) is 2.65. The van der Waals surface area contributed by atoms with Gasteiger partial charge in [-0.2, -0.15) is 0 Å². The van der Waals surface area contributed by atoms with Gasteiger partial charge in [0, 0.05) is 16.6 Å². The molecule has 0 atom stereocenters. The highest BCUT2D eigenvalue weighted by Crippen LogP contribution is 2.35. The number of fused-ring (bicyclic) bond motifs is 2. The average molecular weight is 363 g/mol. The van der Waals surface area contributed by atoms with Crippen LogP contribution in [0.25, 0.3) is 33.7 Å². The molecule has 26 heavy (non-hydrogen) atoms. The van der Waals surface area contributed by atoms with E-state index in [0.717, 1.165) is 38.7 Å². The average Bonchev–Trinajstić information content (AvgIpc) is 3.05. The van der Waals surface area contributed by atoms with Crippen molar-refractivity contribution in [3.8, 4) is 11.4 Å². The van der Waals surface area contributed by atoms with E-state index >= 15 is 0 Å². The van der Waals surface area contributed by atoms with E-state index in [1.165, 1.54) is 32.1 Å². The molecule has 1 fully saturated rings. The summed E-state index contributed by atoms with van der Waals surface area (Å²) in [6.07, 6.45) is 6.16. The first kappa shape index (κ1) is 15.8. The van der Waals surface area contributed by atoms with Gasteiger partial charge >= 0.3 is 0 Å². The SMILES string of the molecule is Clc1ccc(-c2nc3nc4ccccc4nc3n2C2CCCCC2)cc1. The maximum absolute atomic E-state index is 6.09. The summed E-state index contributed by atoms with van der Waals surface area (Å²) in [6.45, 7) is 0. The van der Waals surface area contributed by atoms with E-state index in [2.05, 4.69) is 4.57 Å². The first-order valence-electron chi connectivity index (χ1n) is 9.20. The Hall–Kier alpha value is -2.46. The highest BCUT2D eigenvalue weighted by atomic mass is 35.5. The van der Waals surface area contributed by atoms with Crippen molar-refractivity contribution in [3.05, 3.63) is 53.6 Å². The number of imidazole rings is 1. The number of para-hydroxylation sites is 2. The van der Waals surface area contributed by atoms with E-state index in [1.54, 1.807) is 0 Å². The molecular weight excluding hydrogens is 344 g/mol. The van der Waals surface area contributed by atoms with Crippen LogP contribution in [-0.2, 0) is 0 Å². The zero-order valence-corrected chi connectivity index (χ0v) is 15.2. The van der Waals surface area contributed by atoms with Crippen LogP contribution in [0.4, 0.5) is 0 Å². The molecule has 0 bridgehead atoms. The van der Waals surface area contributed by atoms with E-state index in [-0.39, 0.29) is 0 Å². The fourth-order valence-corrected chi connectivity index (χ4v) is 4.09. The van der Waals surface area contributed by atoms with Crippen molar-refractivity contribution in [3.63, 3.8) is 0 Å². The van der Waals surface area contributed by atoms with Crippen LogP contribution in [0.2, 0.25) is 5.02 Å². The van der Waals surface area contributed by atoms with Crippen LogP contribution >= 0.6 is 11.6 Å². The second-order valence-electron chi connectivity index (χ2n) is 6.96. The van der Waals surface area contributed by atoms with Gasteiger partial charge in [-0.1, -0.05) is 43.0 Å². The van der Waals surface area contributed by atoms with Crippen molar-refractivity contribution in [1.82, 2.24) is 19.5 Å². The Morgan fingerprint density at radius 1 is 0.808 bits per heavy atom. The van der Waals surface area contributed by atoms with Crippen LogP contribution in [0.3, 0.4) is 0 Å². The molecule has 0 spiro atoms. The monoisotopic (exact) mass is 362 g/mol. The van der Waals surface area contributed by atoms with E-state index in [4.69, 9.17) is 26.6 Å². The number of benzene rings is 2. The molecule has 2 heterocycles. The second kappa shape index (κ2) is 6.36. The Morgan fingerprint density at radius 2 is 1.50 bits per heavy atom. The predicted octanol–water partition coefficient (Wildman–Crippen LogP) is 5.81. The van der Waals surface area contributed by atoms with Crippen molar-refractivity contribution in [2.24, 2.45) is 0 Å². The lowest BCUT2D eigenvalue weighted by Gasteiger charge is -2.25. The van der Waals surface area contributed by atoms with Crippen LogP contribution < -0.4 is 0 Å². The minimum atomic E-state index is 0.426. The van der Waals surface area contributed by atoms with Crippen molar-refractivity contribution in [1.29, 1.82) is 0 Å². The summed E-state index contributed by atoms with van der Waals surface area (Å²) in [4.78, 5) is 14.6. The van der Waals surface area contributed by atoms with Gasteiger partial charge in [-0.15, -0.1) is 0 Å². The fraction of sp³-hybridized carbons (Fsp3) is 0.286. The summed E-state index contributed by atoms with van der Waals surface area (Å²) in [6, 6.07) is 16.3. The molecule has 130 valence electrons. The zero-order valence-electron chi connectivity index (χ0n) is 14.4. The van der Waals surface area contributed by atoms with Crippen LogP contribution in [0.1, 0.15) is 38.1 Å². The van der Waals surface area contributed by atoms with E-state index in [1.807, 2.05) is 48.5 Å². The Morgan fingerprint density at radius 3 is 2.23 bits per heavy atom. The third-order valence-corrected chi connectivity index (χ3v) is 5.50. The minimum absolute atomic E-state index is 0.426. The van der Waals surface area contributed by atoms with Gasteiger partial charge in [0.2, 0.25) is 0 Å². The number of hydrogen-bond donors (Lipinski definition) is 0. The molecule has 5 heteroatoms. The lowest BCUT2D eigenvalue weighted by atomic mass is 9.95. The number of nitrogens with zero attached hydrogens (tertiary/aromatic N) is 4. The van der Waals surface area contributed by atoms with Crippen molar-refractivity contribution >= 4 is 33.9 Å². The summed E-state index contributed by atoms with van der Waals surface area (Å²) >= 11 is 6.09. The zero-order chi connectivity index (χ0) is 17.5. The van der Waals surface area contributed by atoms with Gasteiger partial charge in [0.05, 0.1) is 11.0 Å². The molecule has 5 rings (SSSR count). The molecule has 4 aromatic rings. The molecule has 0 N–H and O–H groups in total. The second-order valence-corrected chi connectivity index (χ2v) is 7.40.